The fourth-order valence-corrected chi connectivity index (χ4v) is 2.40. The van der Waals surface area contributed by atoms with Crippen LogP contribution in [0.25, 0.3) is 0 Å². The third-order valence-corrected chi connectivity index (χ3v) is 3.21. The molecule has 1 aliphatic heterocycles. The van der Waals surface area contributed by atoms with Gasteiger partial charge in [0.05, 0.1) is 18.9 Å². The molecule has 0 aliphatic carbocycles. The predicted octanol–water partition coefficient (Wildman–Crippen LogP) is 2.43. The number of nitrogens with one attached hydrogen (secondary N) is 1. The Balaban J connectivity index is 1.73. The molecule has 0 bridgehead atoms. The van der Waals surface area contributed by atoms with E-state index in [4.69, 9.17) is 9.15 Å². The third-order valence-electron chi connectivity index (χ3n) is 3.21. The van der Waals surface area contributed by atoms with Gasteiger partial charge in [-0.25, -0.2) is 0 Å². The summed E-state index contributed by atoms with van der Waals surface area (Å²) >= 11 is 0. The summed E-state index contributed by atoms with van der Waals surface area (Å²) in [5.41, 5.74) is 0. The number of ether oxygens (including phenoxy) is 1. The maximum atomic E-state index is 5.75. The van der Waals surface area contributed by atoms with Crippen LogP contribution in [0.2, 0.25) is 0 Å². The Bertz CT molecular complexity index is 295. The first kappa shape index (κ1) is 11.7. The van der Waals surface area contributed by atoms with Gasteiger partial charge in [-0.3, -0.25) is 0 Å². The summed E-state index contributed by atoms with van der Waals surface area (Å²) < 4.78 is 11.0. The van der Waals surface area contributed by atoms with Crippen molar-refractivity contribution in [1.82, 2.24) is 5.32 Å². The monoisotopic (exact) mass is 223 g/mol. The van der Waals surface area contributed by atoms with Gasteiger partial charge in [0.25, 0.3) is 0 Å². The molecule has 2 atom stereocenters. The number of hydrogen-bond donors (Lipinski definition) is 1. The lowest BCUT2D eigenvalue weighted by molar-refractivity contribution is 0.0538. The van der Waals surface area contributed by atoms with E-state index in [0.717, 1.165) is 25.5 Å². The van der Waals surface area contributed by atoms with Gasteiger partial charge >= 0.3 is 0 Å². The van der Waals surface area contributed by atoms with Crippen LogP contribution in [-0.4, -0.2) is 19.3 Å². The van der Waals surface area contributed by atoms with E-state index in [-0.39, 0.29) is 0 Å². The van der Waals surface area contributed by atoms with E-state index in [1.807, 2.05) is 12.1 Å². The Labute approximate surface area is 97.2 Å². The predicted molar refractivity (Wildman–Crippen MR) is 63.1 cm³/mol. The van der Waals surface area contributed by atoms with Crippen LogP contribution in [0.3, 0.4) is 0 Å². The van der Waals surface area contributed by atoms with Gasteiger partial charge < -0.3 is 14.5 Å². The van der Waals surface area contributed by atoms with Crippen molar-refractivity contribution < 1.29 is 9.15 Å². The van der Waals surface area contributed by atoms with Crippen molar-refractivity contribution in [2.24, 2.45) is 11.8 Å². The molecular formula is C13H21NO2. The van der Waals surface area contributed by atoms with Gasteiger partial charge in [0.1, 0.15) is 5.76 Å². The molecule has 0 unspecified atom stereocenters. The van der Waals surface area contributed by atoms with Gasteiger partial charge in [-0.1, -0.05) is 13.8 Å². The standard InChI is InChI=1S/C13H21NO2/c1-10(2)13-11(5-7-16-13)8-14-9-12-4-3-6-15-12/h3-4,6,10-11,13-14H,5,7-9H2,1-2H3/t11-,13-/m1/s1. The van der Waals surface area contributed by atoms with Crippen LogP contribution < -0.4 is 5.32 Å². The lowest BCUT2D eigenvalue weighted by Crippen LogP contribution is -2.31. The molecule has 1 fully saturated rings. The van der Waals surface area contributed by atoms with Crippen LogP contribution in [0.1, 0.15) is 26.0 Å². The first-order valence-electron chi connectivity index (χ1n) is 6.12. The molecule has 2 rings (SSSR count). The van der Waals surface area contributed by atoms with Crippen LogP contribution in [0.15, 0.2) is 22.8 Å². The van der Waals surface area contributed by atoms with Gasteiger partial charge in [-0.2, -0.15) is 0 Å². The second-order valence-electron chi connectivity index (χ2n) is 4.84. The summed E-state index contributed by atoms with van der Waals surface area (Å²) in [6, 6.07) is 3.92. The Morgan fingerprint density at radius 3 is 3.06 bits per heavy atom. The molecule has 1 aromatic heterocycles. The molecule has 1 N–H and O–H groups in total. The maximum absolute atomic E-state index is 5.75. The fourth-order valence-electron chi connectivity index (χ4n) is 2.40. The zero-order valence-electron chi connectivity index (χ0n) is 10.1. The quantitative estimate of drug-likeness (QED) is 0.832. The van der Waals surface area contributed by atoms with E-state index in [1.165, 1.54) is 6.42 Å². The summed E-state index contributed by atoms with van der Waals surface area (Å²) in [5, 5.41) is 3.44. The summed E-state index contributed by atoms with van der Waals surface area (Å²) in [7, 11) is 0. The lowest BCUT2D eigenvalue weighted by Gasteiger charge is -2.22. The zero-order chi connectivity index (χ0) is 11.4. The average Bonchev–Trinajstić information content (AvgIpc) is 2.87. The highest BCUT2D eigenvalue weighted by Gasteiger charge is 2.30. The largest absolute Gasteiger partial charge is 0.468 e. The van der Waals surface area contributed by atoms with Gasteiger partial charge in [-0.05, 0) is 30.4 Å². The minimum atomic E-state index is 0.420. The molecule has 90 valence electrons. The van der Waals surface area contributed by atoms with E-state index in [9.17, 15) is 0 Å². The Morgan fingerprint density at radius 2 is 2.38 bits per heavy atom. The first-order valence-corrected chi connectivity index (χ1v) is 6.12. The summed E-state index contributed by atoms with van der Waals surface area (Å²) in [4.78, 5) is 0. The summed E-state index contributed by atoms with van der Waals surface area (Å²) in [5.74, 6) is 2.26. The molecule has 0 saturated carbocycles. The second kappa shape index (κ2) is 5.51. The molecule has 1 saturated heterocycles. The highest BCUT2D eigenvalue weighted by atomic mass is 16.5. The molecule has 1 aromatic rings. The molecule has 3 nitrogen and oxygen atoms in total. The lowest BCUT2D eigenvalue weighted by atomic mass is 9.93. The molecule has 0 spiro atoms. The van der Waals surface area contributed by atoms with Crippen LogP contribution in [0, 0.1) is 11.8 Å². The van der Waals surface area contributed by atoms with Crippen molar-refractivity contribution in [1.29, 1.82) is 0 Å². The number of rotatable bonds is 5. The van der Waals surface area contributed by atoms with Crippen LogP contribution in [-0.2, 0) is 11.3 Å². The van der Waals surface area contributed by atoms with Crippen molar-refractivity contribution in [2.75, 3.05) is 13.2 Å². The van der Waals surface area contributed by atoms with E-state index in [0.29, 0.717) is 17.9 Å². The van der Waals surface area contributed by atoms with Gasteiger partial charge in [0.15, 0.2) is 0 Å². The zero-order valence-corrected chi connectivity index (χ0v) is 10.1. The summed E-state index contributed by atoms with van der Waals surface area (Å²) in [6.45, 7) is 7.21. The van der Waals surface area contributed by atoms with Crippen LogP contribution >= 0.6 is 0 Å². The van der Waals surface area contributed by atoms with Gasteiger partial charge in [0, 0.05) is 13.2 Å². The van der Waals surface area contributed by atoms with Crippen molar-refractivity contribution in [3.63, 3.8) is 0 Å². The minimum Gasteiger partial charge on any atom is -0.468 e. The Morgan fingerprint density at radius 1 is 1.50 bits per heavy atom. The topological polar surface area (TPSA) is 34.4 Å². The average molecular weight is 223 g/mol. The van der Waals surface area contributed by atoms with Gasteiger partial charge in [-0.15, -0.1) is 0 Å². The third kappa shape index (κ3) is 2.86. The summed E-state index contributed by atoms with van der Waals surface area (Å²) in [6.07, 6.45) is 3.31. The smallest absolute Gasteiger partial charge is 0.117 e. The van der Waals surface area contributed by atoms with Gasteiger partial charge in [0.2, 0.25) is 0 Å². The van der Waals surface area contributed by atoms with Crippen molar-refractivity contribution >= 4 is 0 Å². The van der Waals surface area contributed by atoms with E-state index in [1.54, 1.807) is 6.26 Å². The molecule has 0 aromatic carbocycles. The molecule has 2 heterocycles. The Hall–Kier alpha value is -0.800. The number of furan rings is 1. The molecule has 3 heteroatoms. The van der Waals surface area contributed by atoms with Crippen molar-refractivity contribution in [3.8, 4) is 0 Å². The maximum Gasteiger partial charge on any atom is 0.117 e. The highest BCUT2D eigenvalue weighted by molar-refractivity contribution is 4.97. The van der Waals surface area contributed by atoms with Crippen LogP contribution in [0.4, 0.5) is 0 Å². The molecule has 0 amide bonds. The fraction of sp³-hybridized carbons (Fsp3) is 0.692. The van der Waals surface area contributed by atoms with Crippen LogP contribution in [0.5, 0.6) is 0 Å². The van der Waals surface area contributed by atoms with Crippen molar-refractivity contribution in [3.05, 3.63) is 24.2 Å². The minimum absolute atomic E-state index is 0.420. The Kier molecular flexibility index (Phi) is 4.02. The first-order chi connectivity index (χ1) is 7.77. The van der Waals surface area contributed by atoms with E-state index < -0.39 is 0 Å². The highest BCUT2D eigenvalue weighted by Crippen LogP contribution is 2.26. The SMILES string of the molecule is CC(C)[C@H]1OCC[C@@H]1CNCc1ccco1. The molecular weight excluding hydrogens is 202 g/mol. The van der Waals surface area contributed by atoms with E-state index >= 15 is 0 Å². The van der Waals surface area contributed by atoms with Crippen molar-refractivity contribution in [2.45, 2.75) is 32.9 Å². The normalized spacial score (nSPS) is 25.4. The molecule has 0 radical (unpaired) electrons. The second-order valence-corrected chi connectivity index (χ2v) is 4.84. The molecule has 1 aliphatic rings. The molecule has 16 heavy (non-hydrogen) atoms. The van der Waals surface area contributed by atoms with E-state index in [2.05, 4.69) is 19.2 Å². The number of hydrogen-bond acceptors (Lipinski definition) is 3.